The number of thiophene rings is 2. The summed E-state index contributed by atoms with van der Waals surface area (Å²) in [6, 6.07) is 9.88. The maximum Gasteiger partial charge on any atom is 0.0767 e. The van der Waals surface area contributed by atoms with Gasteiger partial charge in [0.15, 0.2) is 0 Å². The summed E-state index contributed by atoms with van der Waals surface area (Å²) in [5.74, 6) is 1.61. The summed E-state index contributed by atoms with van der Waals surface area (Å²) in [4.78, 5) is 2.88. The lowest BCUT2D eigenvalue weighted by molar-refractivity contribution is 0.200. The molecule has 1 aliphatic rings. The molecule has 108 valence electrons. The third-order valence-corrected chi connectivity index (χ3v) is 6.62. The Kier molecular flexibility index (Phi) is 4.59. The first kappa shape index (κ1) is 14.3. The Morgan fingerprint density at radius 2 is 1.70 bits per heavy atom. The van der Waals surface area contributed by atoms with Crippen molar-refractivity contribution in [2.75, 3.05) is 0 Å². The molecule has 2 heterocycles. The van der Waals surface area contributed by atoms with E-state index in [1.54, 1.807) is 0 Å². The molecule has 0 radical (unpaired) electrons. The van der Waals surface area contributed by atoms with Gasteiger partial charge in [0.1, 0.15) is 0 Å². The van der Waals surface area contributed by atoms with Gasteiger partial charge in [0.25, 0.3) is 0 Å². The predicted molar refractivity (Wildman–Crippen MR) is 89.6 cm³/mol. The lowest BCUT2D eigenvalue weighted by Gasteiger charge is -2.37. The van der Waals surface area contributed by atoms with Crippen molar-refractivity contribution in [3.05, 3.63) is 44.8 Å². The average Bonchev–Trinajstić information content (AvgIpc) is 3.13. The monoisotopic (exact) mass is 305 g/mol. The van der Waals surface area contributed by atoms with Crippen LogP contribution < -0.4 is 5.32 Å². The molecular weight excluding hydrogens is 282 g/mol. The maximum atomic E-state index is 3.96. The van der Waals surface area contributed by atoms with Crippen LogP contribution in [0.3, 0.4) is 0 Å². The highest BCUT2D eigenvalue weighted by molar-refractivity contribution is 7.11. The van der Waals surface area contributed by atoms with E-state index in [2.05, 4.69) is 54.2 Å². The molecule has 3 heteroatoms. The summed E-state index contributed by atoms with van der Waals surface area (Å²) in [7, 11) is 0. The summed E-state index contributed by atoms with van der Waals surface area (Å²) in [5, 5.41) is 8.33. The molecule has 0 amide bonds. The van der Waals surface area contributed by atoms with Crippen molar-refractivity contribution in [1.29, 1.82) is 0 Å². The van der Waals surface area contributed by atoms with Crippen LogP contribution in [0.25, 0.3) is 0 Å². The van der Waals surface area contributed by atoms with Crippen molar-refractivity contribution in [1.82, 2.24) is 5.32 Å². The van der Waals surface area contributed by atoms with Gasteiger partial charge in [0, 0.05) is 15.8 Å². The fraction of sp³-hybridized carbons (Fsp3) is 0.529. The molecule has 1 nitrogen and oxygen atoms in total. The van der Waals surface area contributed by atoms with Gasteiger partial charge < -0.3 is 5.32 Å². The zero-order valence-corrected chi connectivity index (χ0v) is 13.8. The molecule has 0 aromatic carbocycles. The first-order valence-corrected chi connectivity index (χ1v) is 9.34. The normalized spacial score (nSPS) is 27.1. The van der Waals surface area contributed by atoms with Crippen LogP contribution in [0.1, 0.15) is 48.9 Å². The van der Waals surface area contributed by atoms with E-state index in [1.165, 1.54) is 29.0 Å². The van der Waals surface area contributed by atoms with Gasteiger partial charge in [-0.1, -0.05) is 38.8 Å². The summed E-state index contributed by atoms with van der Waals surface area (Å²) < 4.78 is 0. The molecule has 1 fully saturated rings. The Labute approximate surface area is 130 Å². The summed E-state index contributed by atoms with van der Waals surface area (Å²) in [6.45, 7) is 4.82. The fourth-order valence-electron chi connectivity index (χ4n) is 3.25. The first-order chi connectivity index (χ1) is 9.75. The van der Waals surface area contributed by atoms with E-state index in [-0.39, 0.29) is 0 Å². The molecule has 1 saturated carbocycles. The second kappa shape index (κ2) is 6.42. The minimum atomic E-state index is 0.382. The van der Waals surface area contributed by atoms with E-state index in [1.807, 2.05) is 22.7 Å². The van der Waals surface area contributed by atoms with Crippen LogP contribution in [0, 0.1) is 11.8 Å². The second-order valence-corrected chi connectivity index (χ2v) is 7.96. The topological polar surface area (TPSA) is 12.0 Å². The average molecular weight is 306 g/mol. The number of hydrogen-bond donors (Lipinski definition) is 1. The third-order valence-electron chi connectivity index (χ3n) is 4.74. The van der Waals surface area contributed by atoms with Gasteiger partial charge in [-0.2, -0.15) is 0 Å². The van der Waals surface area contributed by atoms with E-state index in [0.29, 0.717) is 12.1 Å². The van der Waals surface area contributed by atoms with Gasteiger partial charge in [0.2, 0.25) is 0 Å². The molecule has 3 rings (SSSR count). The van der Waals surface area contributed by atoms with Crippen LogP contribution >= 0.6 is 22.7 Å². The van der Waals surface area contributed by atoms with Gasteiger partial charge in [-0.3, -0.25) is 0 Å². The Hall–Kier alpha value is -0.640. The summed E-state index contributed by atoms with van der Waals surface area (Å²) in [6.07, 6.45) is 4.07. The summed E-state index contributed by atoms with van der Waals surface area (Å²) >= 11 is 3.73. The molecule has 1 aliphatic carbocycles. The van der Waals surface area contributed by atoms with Crippen LogP contribution in [-0.2, 0) is 0 Å². The zero-order valence-electron chi connectivity index (χ0n) is 12.2. The van der Waals surface area contributed by atoms with Crippen LogP contribution in [0.4, 0.5) is 0 Å². The first-order valence-electron chi connectivity index (χ1n) is 7.58. The Morgan fingerprint density at radius 3 is 2.25 bits per heavy atom. The SMILES string of the molecule is CC1CCCC(NC(c2cccs2)c2cccs2)C1C. The Bertz CT molecular complexity index is 469. The highest BCUT2D eigenvalue weighted by atomic mass is 32.1. The largest absolute Gasteiger partial charge is 0.302 e. The molecule has 0 saturated heterocycles. The predicted octanol–water partition coefficient (Wildman–Crippen LogP) is 5.31. The van der Waals surface area contributed by atoms with Gasteiger partial charge in [0.05, 0.1) is 6.04 Å². The van der Waals surface area contributed by atoms with Crippen LogP contribution in [-0.4, -0.2) is 6.04 Å². The van der Waals surface area contributed by atoms with E-state index in [4.69, 9.17) is 0 Å². The highest BCUT2D eigenvalue weighted by Crippen LogP contribution is 2.35. The van der Waals surface area contributed by atoms with Crippen molar-refractivity contribution in [2.24, 2.45) is 11.8 Å². The molecule has 3 atom stereocenters. The van der Waals surface area contributed by atoms with Gasteiger partial charge in [-0.05, 0) is 41.1 Å². The number of hydrogen-bond acceptors (Lipinski definition) is 3. The van der Waals surface area contributed by atoms with E-state index >= 15 is 0 Å². The van der Waals surface area contributed by atoms with Crippen molar-refractivity contribution in [2.45, 2.75) is 45.2 Å². The molecule has 0 spiro atoms. The molecule has 2 aromatic heterocycles. The minimum absolute atomic E-state index is 0.382. The lowest BCUT2D eigenvalue weighted by atomic mass is 9.77. The third kappa shape index (κ3) is 3.00. The summed E-state index contributed by atoms with van der Waals surface area (Å²) in [5.41, 5.74) is 0. The van der Waals surface area contributed by atoms with Crippen molar-refractivity contribution >= 4 is 22.7 Å². The molecule has 2 aromatic rings. The van der Waals surface area contributed by atoms with E-state index in [9.17, 15) is 0 Å². The van der Waals surface area contributed by atoms with Crippen LogP contribution in [0.5, 0.6) is 0 Å². The fourth-order valence-corrected chi connectivity index (χ4v) is 4.93. The van der Waals surface area contributed by atoms with Gasteiger partial charge in [-0.25, -0.2) is 0 Å². The maximum absolute atomic E-state index is 3.96. The number of rotatable bonds is 4. The molecule has 3 unspecified atom stereocenters. The molecule has 20 heavy (non-hydrogen) atoms. The number of nitrogens with one attached hydrogen (secondary N) is 1. The lowest BCUT2D eigenvalue weighted by Crippen LogP contribution is -2.42. The van der Waals surface area contributed by atoms with Gasteiger partial charge in [-0.15, -0.1) is 22.7 Å². The van der Waals surface area contributed by atoms with E-state index in [0.717, 1.165) is 11.8 Å². The Balaban J connectivity index is 1.80. The van der Waals surface area contributed by atoms with E-state index < -0.39 is 0 Å². The van der Waals surface area contributed by atoms with Crippen molar-refractivity contribution in [3.8, 4) is 0 Å². The zero-order chi connectivity index (χ0) is 13.9. The van der Waals surface area contributed by atoms with Crippen LogP contribution in [0.15, 0.2) is 35.0 Å². The minimum Gasteiger partial charge on any atom is -0.302 e. The molecule has 0 aliphatic heterocycles. The van der Waals surface area contributed by atoms with Gasteiger partial charge >= 0.3 is 0 Å². The smallest absolute Gasteiger partial charge is 0.0767 e. The molecule has 0 bridgehead atoms. The van der Waals surface area contributed by atoms with Crippen LogP contribution in [0.2, 0.25) is 0 Å². The molecule has 1 N–H and O–H groups in total. The Morgan fingerprint density at radius 1 is 1.05 bits per heavy atom. The van der Waals surface area contributed by atoms with Crippen molar-refractivity contribution < 1.29 is 0 Å². The quantitative estimate of drug-likeness (QED) is 0.807. The molecular formula is C17H23NS2. The second-order valence-electron chi connectivity index (χ2n) is 6.00. The highest BCUT2D eigenvalue weighted by Gasteiger charge is 2.30. The standard InChI is InChI=1S/C17H23NS2/c1-12-6-3-7-14(13(12)2)18-17(15-8-4-10-19-15)16-9-5-11-20-16/h4-5,8-14,17-18H,3,6-7H2,1-2H3. The van der Waals surface area contributed by atoms with Crippen molar-refractivity contribution in [3.63, 3.8) is 0 Å².